The molecule has 3 rings (SSSR count). The highest BCUT2D eigenvalue weighted by molar-refractivity contribution is 7.89. The van der Waals surface area contributed by atoms with Crippen LogP contribution in [0.4, 0.5) is 0 Å². The molecule has 2 aromatic heterocycles. The second kappa shape index (κ2) is 6.25. The van der Waals surface area contributed by atoms with E-state index in [1.165, 1.54) is 0 Å². The molecule has 7 heteroatoms. The molecule has 0 spiro atoms. The summed E-state index contributed by atoms with van der Waals surface area (Å²) in [5.74, 6) is 0.619. The maximum absolute atomic E-state index is 12.9. The molecule has 6 nitrogen and oxygen atoms in total. The second-order valence-electron chi connectivity index (χ2n) is 7.55. The van der Waals surface area contributed by atoms with E-state index < -0.39 is 10.0 Å². The SMILES string of the molecule is Cc1nn(C(C)(C)C)c(C)c1S(=O)(=O)NCc1oc2ccccc2c1C. The Balaban J connectivity index is 1.92. The summed E-state index contributed by atoms with van der Waals surface area (Å²) in [5.41, 5.74) is 2.53. The van der Waals surface area contributed by atoms with Gasteiger partial charge < -0.3 is 4.42 Å². The van der Waals surface area contributed by atoms with Crippen LogP contribution in [0.25, 0.3) is 11.0 Å². The molecule has 0 aliphatic rings. The second-order valence-corrected chi connectivity index (χ2v) is 9.26. The van der Waals surface area contributed by atoms with E-state index in [0.29, 0.717) is 17.1 Å². The number of hydrogen-bond donors (Lipinski definition) is 1. The summed E-state index contributed by atoms with van der Waals surface area (Å²) in [6.45, 7) is 11.5. The first-order valence-electron chi connectivity index (χ1n) is 8.56. The van der Waals surface area contributed by atoms with Crippen molar-refractivity contribution in [3.63, 3.8) is 0 Å². The molecule has 0 fully saturated rings. The van der Waals surface area contributed by atoms with E-state index >= 15 is 0 Å². The van der Waals surface area contributed by atoms with Gasteiger partial charge in [0.15, 0.2) is 0 Å². The lowest BCUT2D eigenvalue weighted by atomic mass is 10.1. The maximum atomic E-state index is 12.9. The summed E-state index contributed by atoms with van der Waals surface area (Å²) in [7, 11) is -3.71. The van der Waals surface area contributed by atoms with Crippen LogP contribution in [-0.2, 0) is 22.1 Å². The highest BCUT2D eigenvalue weighted by Crippen LogP contribution is 2.27. The van der Waals surface area contributed by atoms with Crippen LogP contribution in [0.5, 0.6) is 0 Å². The zero-order valence-electron chi connectivity index (χ0n) is 16.0. The van der Waals surface area contributed by atoms with Gasteiger partial charge in [-0.1, -0.05) is 18.2 Å². The molecule has 0 unspecified atom stereocenters. The molecule has 0 aliphatic heterocycles. The van der Waals surface area contributed by atoms with Gasteiger partial charge in [-0.3, -0.25) is 4.68 Å². The number of aromatic nitrogens is 2. The lowest BCUT2D eigenvalue weighted by molar-refractivity contribution is 0.345. The van der Waals surface area contributed by atoms with Crippen LogP contribution in [-0.4, -0.2) is 18.2 Å². The number of aryl methyl sites for hydroxylation is 2. The lowest BCUT2D eigenvalue weighted by Crippen LogP contribution is -2.26. The molecule has 3 aromatic rings. The summed E-state index contributed by atoms with van der Waals surface area (Å²) in [6.07, 6.45) is 0. The molecule has 0 bridgehead atoms. The molecule has 1 aromatic carbocycles. The fourth-order valence-corrected chi connectivity index (χ4v) is 4.67. The van der Waals surface area contributed by atoms with E-state index in [9.17, 15) is 8.42 Å². The molecule has 0 saturated heterocycles. The number of para-hydroxylation sites is 1. The maximum Gasteiger partial charge on any atom is 0.244 e. The van der Waals surface area contributed by atoms with Crippen molar-refractivity contribution in [3.8, 4) is 0 Å². The van der Waals surface area contributed by atoms with Crippen molar-refractivity contribution in [3.05, 3.63) is 47.0 Å². The Hall–Kier alpha value is -2.12. The average Bonchev–Trinajstić information content (AvgIpc) is 3.03. The number of rotatable bonds is 4. The van der Waals surface area contributed by atoms with Gasteiger partial charge >= 0.3 is 0 Å². The fraction of sp³-hybridized carbons (Fsp3) is 0.421. The Morgan fingerprint density at radius 1 is 1.15 bits per heavy atom. The Morgan fingerprint density at radius 2 is 1.81 bits per heavy atom. The summed E-state index contributed by atoms with van der Waals surface area (Å²) in [5, 5.41) is 5.42. The van der Waals surface area contributed by atoms with Crippen LogP contribution >= 0.6 is 0 Å². The Morgan fingerprint density at radius 3 is 2.38 bits per heavy atom. The fourth-order valence-electron chi connectivity index (χ4n) is 3.30. The van der Waals surface area contributed by atoms with Crippen molar-refractivity contribution >= 4 is 21.0 Å². The zero-order chi connectivity index (χ0) is 19.3. The number of hydrogen-bond acceptors (Lipinski definition) is 4. The van der Waals surface area contributed by atoms with E-state index in [-0.39, 0.29) is 17.0 Å². The van der Waals surface area contributed by atoms with Gasteiger partial charge in [-0.15, -0.1) is 0 Å². The minimum Gasteiger partial charge on any atom is -0.459 e. The molecule has 2 heterocycles. The van der Waals surface area contributed by atoms with Crippen LogP contribution in [0.3, 0.4) is 0 Å². The van der Waals surface area contributed by atoms with Gasteiger partial charge in [-0.05, 0) is 53.2 Å². The van der Waals surface area contributed by atoms with Crippen LogP contribution < -0.4 is 4.72 Å². The Bertz CT molecular complexity index is 1070. The third-order valence-corrected chi connectivity index (χ3v) is 6.15. The molecular formula is C19H25N3O3S. The van der Waals surface area contributed by atoms with Crippen molar-refractivity contribution in [2.24, 2.45) is 0 Å². The topological polar surface area (TPSA) is 77.1 Å². The van der Waals surface area contributed by atoms with Crippen LogP contribution in [0.15, 0.2) is 33.6 Å². The van der Waals surface area contributed by atoms with Gasteiger partial charge in [0.05, 0.1) is 23.5 Å². The van der Waals surface area contributed by atoms with E-state index in [4.69, 9.17) is 4.42 Å². The smallest absolute Gasteiger partial charge is 0.244 e. The van der Waals surface area contributed by atoms with Gasteiger partial charge in [0, 0.05) is 5.39 Å². The normalized spacial score (nSPS) is 12.8. The Labute approximate surface area is 154 Å². The lowest BCUT2D eigenvalue weighted by Gasteiger charge is -2.21. The molecular weight excluding hydrogens is 350 g/mol. The van der Waals surface area contributed by atoms with Gasteiger partial charge in [-0.2, -0.15) is 5.10 Å². The highest BCUT2D eigenvalue weighted by atomic mass is 32.2. The van der Waals surface area contributed by atoms with Gasteiger partial charge in [0.1, 0.15) is 16.2 Å². The number of nitrogens with one attached hydrogen (secondary N) is 1. The molecule has 1 N–H and O–H groups in total. The molecule has 26 heavy (non-hydrogen) atoms. The van der Waals surface area contributed by atoms with Crippen molar-refractivity contribution in [2.75, 3.05) is 0 Å². The van der Waals surface area contributed by atoms with Crippen molar-refractivity contribution < 1.29 is 12.8 Å². The molecule has 140 valence electrons. The number of benzene rings is 1. The van der Waals surface area contributed by atoms with Crippen molar-refractivity contribution in [1.82, 2.24) is 14.5 Å². The first kappa shape index (κ1) is 18.7. The molecule has 0 amide bonds. The van der Waals surface area contributed by atoms with E-state index in [0.717, 1.165) is 16.5 Å². The first-order chi connectivity index (χ1) is 12.0. The summed E-state index contributed by atoms with van der Waals surface area (Å²) in [4.78, 5) is 0.237. The van der Waals surface area contributed by atoms with E-state index in [2.05, 4.69) is 9.82 Å². The standard InChI is InChI=1S/C19H25N3O3S/c1-12-15-9-7-8-10-16(15)25-17(12)11-20-26(23,24)18-13(2)21-22(14(18)3)19(4,5)6/h7-10,20H,11H2,1-6H3. The van der Waals surface area contributed by atoms with Crippen molar-refractivity contribution in [1.29, 1.82) is 0 Å². The first-order valence-corrected chi connectivity index (χ1v) is 10.0. The number of fused-ring (bicyclic) bond motifs is 1. The largest absolute Gasteiger partial charge is 0.459 e. The molecule has 0 saturated carbocycles. The number of furan rings is 1. The Kier molecular flexibility index (Phi) is 4.48. The average molecular weight is 375 g/mol. The van der Waals surface area contributed by atoms with Crippen molar-refractivity contribution in [2.45, 2.75) is 58.5 Å². The van der Waals surface area contributed by atoms with Crippen LogP contribution in [0.2, 0.25) is 0 Å². The number of nitrogens with zero attached hydrogens (tertiary/aromatic N) is 2. The summed E-state index contributed by atoms with van der Waals surface area (Å²) < 4.78 is 36.0. The molecule has 0 atom stereocenters. The predicted octanol–water partition coefficient (Wildman–Crippen LogP) is 3.79. The third kappa shape index (κ3) is 3.17. The van der Waals surface area contributed by atoms with Gasteiger partial charge in [0.25, 0.3) is 0 Å². The summed E-state index contributed by atoms with van der Waals surface area (Å²) in [6, 6.07) is 7.68. The number of sulfonamides is 1. The van der Waals surface area contributed by atoms with E-state index in [1.54, 1.807) is 18.5 Å². The zero-order valence-corrected chi connectivity index (χ0v) is 16.9. The van der Waals surface area contributed by atoms with E-state index in [1.807, 2.05) is 52.0 Å². The minimum absolute atomic E-state index is 0.0996. The van der Waals surface area contributed by atoms with Crippen LogP contribution in [0.1, 0.15) is 43.5 Å². The molecule has 0 aliphatic carbocycles. The molecule has 0 radical (unpaired) electrons. The predicted molar refractivity (Wildman–Crippen MR) is 102 cm³/mol. The van der Waals surface area contributed by atoms with Gasteiger partial charge in [0.2, 0.25) is 10.0 Å². The monoisotopic (exact) mass is 375 g/mol. The van der Waals surface area contributed by atoms with Crippen LogP contribution in [0, 0.1) is 20.8 Å². The summed E-state index contributed by atoms with van der Waals surface area (Å²) >= 11 is 0. The van der Waals surface area contributed by atoms with Gasteiger partial charge in [-0.25, -0.2) is 13.1 Å². The quantitative estimate of drug-likeness (QED) is 0.753. The highest BCUT2D eigenvalue weighted by Gasteiger charge is 2.28. The third-order valence-electron chi connectivity index (χ3n) is 4.49. The minimum atomic E-state index is -3.71.